The molecule has 11 heteroatoms. The maximum absolute atomic E-state index is 13.7. The number of alkyl carbamates (subject to hydrolysis) is 1. The van der Waals surface area contributed by atoms with E-state index in [2.05, 4.69) is 21.3 Å². The van der Waals surface area contributed by atoms with Gasteiger partial charge in [-0.3, -0.25) is 19.2 Å². The molecule has 2 saturated carbocycles. The lowest BCUT2D eigenvalue weighted by molar-refractivity contribution is -0.141. The fourth-order valence-corrected chi connectivity index (χ4v) is 6.24. The lowest BCUT2D eigenvalue weighted by Gasteiger charge is -2.29. The van der Waals surface area contributed by atoms with Crippen LogP contribution in [0.25, 0.3) is 0 Å². The molecule has 1 saturated heterocycles. The van der Waals surface area contributed by atoms with Crippen molar-refractivity contribution in [3.8, 4) is 0 Å². The summed E-state index contributed by atoms with van der Waals surface area (Å²) >= 11 is 6.32. The molecule has 2 aromatic rings. The Bertz CT molecular complexity index is 1420. The van der Waals surface area contributed by atoms with Gasteiger partial charge in [-0.1, -0.05) is 67.9 Å². The Hall–Kier alpha value is -3.92. The smallest absolute Gasteiger partial charge is 0.408 e. The predicted octanol–water partition coefficient (Wildman–Crippen LogP) is 4.11. The predicted molar refractivity (Wildman–Crippen MR) is 168 cm³/mol. The lowest BCUT2D eigenvalue weighted by atomic mass is 9.86. The molecule has 3 aliphatic rings. The minimum absolute atomic E-state index is 0.000122. The molecule has 3 fully saturated rings. The van der Waals surface area contributed by atoms with Crippen LogP contribution in [-0.4, -0.2) is 54.3 Å². The van der Waals surface area contributed by atoms with Gasteiger partial charge < -0.3 is 26.0 Å². The number of ketones is 1. The summed E-state index contributed by atoms with van der Waals surface area (Å²) < 4.78 is 6.13. The highest BCUT2D eigenvalue weighted by Crippen LogP contribution is 2.58. The van der Waals surface area contributed by atoms with Crippen molar-refractivity contribution in [1.82, 2.24) is 21.3 Å². The average Bonchev–Trinajstić information content (AvgIpc) is 3.95. The van der Waals surface area contributed by atoms with Gasteiger partial charge in [0.05, 0.1) is 6.04 Å². The molecular weight excluding hydrogens is 596 g/mol. The van der Waals surface area contributed by atoms with E-state index in [0.29, 0.717) is 18.0 Å². The van der Waals surface area contributed by atoms with Crippen LogP contribution in [0.15, 0.2) is 54.6 Å². The highest BCUT2D eigenvalue weighted by atomic mass is 35.5. The zero-order valence-electron chi connectivity index (χ0n) is 25.6. The van der Waals surface area contributed by atoms with Gasteiger partial charge in [-0.25, -0.2) is 4.79 Å². The third-order valence-corrected chi connectivity index (χ3v) is 9.02. The van der Waals surface area contributed by atoms with E-state index in [1.807, 2.05) is 62.4 Å². The van der Waals surface area contributed by atoms with Crippen molar-refractivity contribution in [2.24, 2.45) is 11.8 Å². The number of halogens is 1. The van der Waals surface area contributed by atoms with E-state index in [-0.39, 0.29) is 30.7 Å². The van der Waals surface area contributed by atoms with Crippen LogP contribution >= 0.6 is 11.6 Å². The molecule has 4 atom stereocenters. The summed E-state index contributed by atoms with van der Waals surface area (Å²) in [5.74, 6) is -2.94. The van der Waals surface area contributed by atoms with E-state index >= 15 is 0 Å². The quantitative estimate of drug-likeness (QED) is 0.230. The molecule has 5 rings (SSSR count). The fraction of sp³-hybridized carbons (Fsp3) is 0.500. The van der Waals surface area contributed by atoms with Gasteiger partial charge in [0.1, 0.15) is 12.1 Å². The first-order valence-electron chi connectivity index (χ1n) is 15.8. The molecule has 240 valence electrons. The van der Waals surface area contributed by atoms with E-state index in [9.17, 15) is 24.0 Å². The molecule has 2 aromatic carbocycles. The van der Waals surface area contributed by atoms with Crippen LogP contribution in [0.4, 0.5) is 4.79 Å². The number of carbonyl (C=O) groups is 5. The normalized spacial score (nSPS) is 20.4. The monoisotopic (exact) mass is 636 g/mol. The Labute approximate surface area is 268 Å². The van der Waals surface area contributed by atoms with Gasteiger partial charge in [0.15, 0.2) is 0 Å². The van der Waals surface area contributed by atoms with Crippen molar-refractivity contribution in [3.63, 3.8) is 0 Å². The SMILES string of the molecule is CC(C)C[C@H](NC(=O)OC(c1ccccc1)C1(c2cccc(Cl)c2)CC1)C(=O)N[C@@H](C[C@@H]1CCNC1=O)C(=O)C(=O)NC1CC1. The van der Waals surface area contributed by atoms with Crippen molar-refractivity contribution in [3.05, 3.63) is 70.7 Å². The third-order valence-electron chi connectivity index (χ3n) is 8.79. The summed E-state index contributed by atoms with van der Waals surface area (Å²) in [5.41, 5.74) is 1.32. The maximum atomic E-state index is 13.7. The highest BCUT2D eigenvalue weighted by Gasteiger charge is 2.53. The van der Waals surface area contributed by atoms with E-state index in [0.717, 1.165) is 36.8 Å². The molecule has 0 aromatic heterocycles. The summed E-state index contributed by atoms with van der Waals surface area (Å²) in [6, 6.07) is 14.7. The maximum Gasteiger partial charge on any atom is 0.408 e. The first-order chi connectivity index (χ1) is 21.6. The first kappa shape index (κ1) is 32.5. The zero-order valence-corrected chi connectivity index (χ0v) is 26.4. The van der Waals surface area contributed by atoms with Crippen LogP contribution in [-0.2, 0) is 29.3 Å². The number of ether oxygens (including phenoxy) is 1. The minimum atomic E-state index is -1.22. The Morgan fingerprint density at radius 2 is 1.71 bits per heavy atom. The number of hydrogen-bond donors (Lipinski definition) is 4. The standard InChI is InChI=1S/C34H41ClN4O6/c1-20(2)17-27(31(42)38-26(18-22-13-16-36-30(22)41)28(40)32(43)37-25-11-12-25)39-33(44)45-29(21-7-4-3-5-8-21)34(14-15-34)23-9-6-10-24(35)19-23/h3-10,19-20,22,25-27,29H,11-18H2,1-2H3,(H,36,41)(H,37,43)(H,38,42)(H,39,44)/t22-,26-,27-,29?/m0/s1. The number of hydrogen-bond acceptors (Lipinski definition) is 6. The van der Waals surface area contributed by atoms with Gasteiger partial charge in [0.25, 0.3) is 5.91 Å². The van der Waals surface area contributed by atoms with E-state index in [4.69, 9.17) is 16.3 Å². The molecule has 1 unspecified atom stereocenters. The number of amides is 4. The van der Waals surface area contributed by atoms with Crippen LogP contribution in [0.3, 0.4) is 0 Å². The second-order valence-electron chi connectivity index (χ2n) is 12.9. The van der Waals surface area contributed by atoms with Crippen LogP contribution in [0.2, 0.25) is 5.02 Å². The summed E-state index contributed by atoms with van der Waals surface area (Å²) in [4.78, 5) is 65.4. The second-order valence-corrected chi connectivity index (χ2v) is 13.3. The topological polar surface area (TPSA) is 143 Å². The van der Waals surface area contributed by atoms with Crippen molar-refractivity contribution in [2.75, 3.05) is 6.54 Å². The lowest BCUT2D eigenvalue weighted by Crippen LogP contribution is -2.55. The molecule has 10 nitrogen and oxygen atoms in total. The van der Waals surface area contributed by atoms with Crippen LogP contribution in [0.5, 0.6) is 0 Å². The average molecular weight is 637 g/mol. The molecule has 0 radical (unpaired) electrons. The Morgan fingerprint density at radius 1 is 0.978 bits per heavy atom. The van der Waals surface area contributed by atoms with E-state index in [1.54, 1.807) is 6.07 Å². The fourth-order valence-electron chi connectivity index (χ4n) is 6.05. The molecule has 2 aliphatic carbocycles. The van der Waals surface area contributed by atoms with E-state index in [1.165, 1.54) is 0 Å². The van der Waals surface area contributed by atoms with Crippen LogP contribution in [0.1, 0.15) is 76.0 Å². The van der Waals surface area contributed by atoms with Gasteiger partial charge >= 0.3 is 6.09 Å². The number of nitrogens with one attached hydrogen (secondary N) is 4. The number of rotatable bonds is 14. The van der Waals surface area contributed by atoms with Crippen molar-refractivity contribution < 1.29 is 28.7 Å². The molecule has 45 heavy (non-hydrogen) atoms. The van der Waals surface area contributed by atoms with Gasteiger partial charge in [-0.05, 0) is 74.1 Å². The van der Waals surface area contributed by atoms with Gasteiger partial charge in [0, 0.05) is 28.9 Å². The molecule has 1 aliphatic heterocycles. The Morgan fingerprint density at radius 3 is 2.31 bits per heavy atom. The van der Waals surface area contributed by atoms with Gasteiger partial charge in [-0.15, -0.1) is 0 Å². The largest absolute Gasteiger partial charge is 0.440 e. The number of Topliss-reactive ketones (excluding diaryl/α,β-unsaturated/α-hetero) is 1. The van der Waals surface area contributed by atoms with Crippen molar-refractivity contribution >= 4 is 41.2 Å². The van der Waals surface area contributed by atoms with Gasteiger partial charge in [0.2, 0.25) is 17.6 Å². The highest BCUT2D eigenvalue weighted by molar-refractivity contribution is 6.38. The third kappa shape index (κ3) is 8.22. The number of carbonyl (C=O) groups excluding carboxylic acids is 5. The van der Waals surface area contributed by atoms with Crippen LogP contribution in [0, 0.1) is 11.8 Å². The summed E-state index contributed by atoms with van der Waals surface area (Å²) in [5, 5.41) is 11.4. The van der Waals surface area contributed by atoms with Crippen molar-refractivity contribution in [1.29, 1.82) is 0 Å². The summed E-state index contributed by atoms with van der Waals surface area (Å²) in [6.45, 7) is 4.29. The molecule has 4 N–H and O–H groups in total. The molecular formula is C34H41ClN4O6. The molecule has 0 spiro atoms. The van der Waals surface area contributed by atoms with E-state index < -0.39 is 53.2 Å². The summed E-state index contributed by atoms with van der Waals surface area (Å²) in [7, 11) is 0. The van der Waals surface area contributed by atoms with Crippen LogP contribution < -0.4 is 21.3 Å². The van der Waals surface area contributed by atoms with Crippen molar-refractivity contribution in [2.45, 2.75) is 88.4 Å². The molecule has 4 amide bonds. The minimum Gasteiger partial charge on any atom is -0.440 e. The molecule has 1 heterocycles. The first-order valence-corrected chi connectivity index (χ1v) is 16.1. The molecule has 0 bridgehead atoms. The Balaban J connectivity index is 1.33. The Kier molecular flexibility index (Phi) is 10.1. The summed E-state index contributed by atoms with van der Waals surface area (Å²) in [6.07, 6.45) is 2.51. The number of benzene rings is 2. The second kappa shape index (κ2) is 14.0. The zero-order chi connectivity index (χ0) is 32.1. The van der Waals surface area contributed by atoms with Gasteiger partial charge in [-0.2, -0.15) is 0 Å².